The Morgan fingerprint density at radius 3 is 2.41 bits per heavy atom. The largest absolute Gasteiger partial charge is 0.397 e. The first-order valence-electron chi connectivity index (χ1n) is 5.16. The molecule has 0 saturated carbocycles. The molecule has 0 saturated heterocycles. The average molecular weight is 224 g/mol. The van der Waals surface area contributed by atoms with Gasteiger partial charge in [0.25, 0.3) is 0 Å². The molecule has 0 aliphatic carbocycles. The van der Waals surface area contributed by atoms with Gasteiger partial charge in [-0.05, 0) is 36.4 Å². The third-order valence-corrected chi connectivity index (χ3v) is 2.50. The molecule has 17 heavy (non-hydrogen) atoms. The third-order valence-electron chi connectivity index (χ3n) is 2.50. The van der Waals surface area contributed by atoms with Gasteiger partial charge in [0.1, 0.15) is 5.82 Å². The summed E-state index contributed by atoms with van der Waals surface area (Å²) < 4.78 is 0. The molecule has 0 fully saturated rings. The van der Waals surface area contributed by atoms with Crippen LogP contribution in [0, 0.1) is 11.3 Å². The summed E-state index contributed by atoms with van der Waals surface area (Å²) in [5.41, 5.74) is 7.85. The van der Waals surface area contributed by atoms with Crippen molar-refractivity contribution in [1.29, 1.82) is 5.26 Å². The van der Waals surface area contributed by atoms with Crippen LogP contribution in [0.3, 0.4) is 0 Å². The van der Waals surface area contributed by atoms with Crippen LogP contribution in [-0.4, -0.2) is 12.0 Å². The highest BCUT2D eigenvalue weighted by molar-refractivity contribution is 5.61. The lowest BCUT2D eigenvalue weighted by atomic mass is 10.2. The number of hydrogen-bond donors (Lipinski definition) is 1. The summed E-state index contributed by atoms with van der Waals surface area (Å²) in [6.07, 6.45) is 1.62. The molecule has 0 unspecified atom stereocenters. The molecule has 1 aromatic carbocycles. The van der Waals surface area contributed by atoms with E-state index in [2.05, 4.69) is 11.1 Å². The Bertz CT molecular complexity index is 537. The Morgan fingerprint density at radius 1 is 1.18 bits per heavy atom. The second-order valence-corrected chi connectivity index (χ2v) is 3.67. The standard InChI is InChI=1S/C13H12N4/c1-17(13-7-4-11(15)9-16-13)12-5-2-10(8-14)3-6-12/h2-7,9H,15H2,1H3. The molecule has 0 amide bonds. The lowest BCUT2D eigenvalue weighted by Gasteiger charge is -2.18. The maximum atomic E-state index is 8.72. The van der Waals surface area contributed by atoms with Gasteiger partial charge in [0.05, 0.1) is 23.5 Å². The molecule has 4 nitrogen and oxygen atoms in total. The molecule has 2 N–H and O–H groups in total. The number of pyridine rings is 1. The lowest BCUT2D eigenvalue weighted by Crippen LogP contribution is -2.10. The molecule has 0 atom stereocenters. The van der Waals surface area contributed by atoms with Gasteiger partial charge in [0.15, 0.2) is 0 Å². The zero-order valence-electron chi connectivity index (χ0n) is 9.46. The van der Waals surface area contributed by atoms with Crippen LogP contribution in [0.1, 0.15) is 5.56 Å². The first-order chi connectivity index (χ1) is 8.20. The number of nitriles is 1. The van der Waals surface area contributed by atoms with Crippen molar-refractivity contribution in [3.05, 3.63) is 48.2 Å². The van der Waals surface area contributed by atoms with Gasteiger partial charge in [-0.2, -0.15) is 5.26 Å². The van der Waals surface area contributed by atoms with Gasteiger partial charge >= 0.3 is 0 Å². The predicted octanol–water partition coefficient (Wildman–Crippen LogP) is 2.30. The summed E-state index contributed by atoms with van der Waals surface area (Å²) in [4.78, 5) is 6.16. The maximum absolute atomic E-state index is 8.72. The van der Waals surface area contributed by atoms with Crippen LogP contribution < -0.4 is 10.6 Å². The molecule has 0 aliphatic heterocycles. The number of nitrogens with two attached hydrogens (primary N) is 1. The van der Waals surface area contributed by atoms with E-state index in [9.17, 15) is 0 Å². The Kier molecular flexibility index (Phi) is 2.93. The quantitative estimate of drug-likeness (QED) is 0.850. The molecular formula is C13H12N4. The fourth-order valence-electron chi connectivity index (χ4n) is 1.49. The molecular weight excluding hydrogens is 212 g/mol. The van der Waals surface area contributed by atoms with E-state index in [0.29, 0.717) is 11.3 Å². The summed E-state index contributed by atoms with van der Waals surface area (Å²) in [6, 6.07) is 13.1. The number of benzene rings is 1. The van der Waals surface area contributed by atoms with E-state index in [1.807, 2.05) is 36.2 Å². The normalized spacial score (nSPS) is 9.65. The van der Waals surface area contributed by atoms with Crippen LogP contribution in [0.2, 0.25) is 0 Å². The van der Waals surface area contributed by atoms with E-state index in [1.165, 1.54) is 0 Å². The number of nitrogen functional groups attached to an aromatic ring is 1. The van der Waals surface area contributed by atoms with Crippen LogP contribution in [0.5, 0.6) is 0 Å². The fourth-order valence-corrected chi connectivity index (χ4v) is 1.49. The number of rotatable bonds is 2. The van der Waals surface area contributed by atoms with E-state index in [4.69, 9.17) is 11.0 Å². The van der Waals surface area contributed by atoms with Crippen LogP contribution in [0.4, 0.5) is 17.2 Å². The van der Waals surface area contributed by atoms with Gasteiger partial charge in [0.2, 0.25) is 0 Å². The van der Waals surface area contributed by atoms with Gasteiger partial charge < -0.3 is 10.6 Å². The zero-order chi connectivity index (χ0) is 12.3. The van der Waals surface area contributed by atoms with Crippen molar-refractivity contribution in [1.82, 2.24) is 4.98 Å². The van der Waals surface area contributed by atoms with Crippen molar-refractivity contribution >= 4 is 17.2 Å². The minimum absolute atomic E-state index is 0.641. The molecule has 0 spiro atoms. The van der Waals surface area contributed by atoms with E-state index in [-0.39, 0.29) is 0 Å². The molecule has 0 radical (unpaired) electrons. The molecule has 84 valence electrons. The summed E-state index contributed by atoms with van der Waals surface area (Å²) in [5, 5.41) is 8.72. The number of hydrogen-bond acceptors (Lipinski definition) is 4. The smallest absolute Gasteiger partial charge is 0.132 e. The predicted molar refractivity (Wildman–Crippen MR) is 67.9 cm³/mol. The van der Waals surface area contributed by atoms with Crippen LogP contribution in [0.25, 0.3) is 0 Å². The number of aromatic nitrogens is 1. The second-order valence-electron chi connectivity index (χ2n) is 3.67. The van der Waals surface area contributed by atoms with Gasteiger partial charge in [-0.3, -0.25) is 0 Å². The summed E-state index contributed by atoms with van der Waals surface area (Å²) in [7, 11) is 1.92. The summed E-state index contributed by atoms with van der Waals surface area (Å²) >= 11 is 0. The topological polar surface area (TPSA) is 65.9 Å². The van der Waals surface area contributed by atoms with Crippen molar-refractivity contribution in [2.24, 2.45) is 0 Å². The first kappa shape index (κ1) is 11.0. The molecule has 2 aromatic rings. The Morgan fingerprint density at radius 2 is 1.88 bits per heavy atom. The first-order valence-corrected chi connectivity index (χ1v) is 5.16. The molecule has 1 aromatic heterocycles. The van der Waals surface area contributed by atoms with Crippen molar-refractivity contribution in [3.8, 4) is 6.07 Å². The molecule has 0 aliphatic rings. The summed E-state index contributed by atoms with van der Waals surface area (Å²) in [5.74, 6) is 0.809. The summed E-state index contributed by atoms with van der Waals surface area (Å²) in [6.45, 7) is 0. The molecule has 1 heterocycles. The highest BCUT2D eigenvalue weighted by atomic mass is 15.2. The Labute approximate surface area is 99.9 Å². The average Bonchev–Trinajstić information content (AvgIpc) is 2.39. The zero-order valence-corrected chi connectivity index (χ0v) is 9.46. The van der Waals surface area contributed by atoms with E-state index in [0.717, 1.165) is 11.5 Å². The minimum Gasteiger partial charge on any atom is -0.397 e. The van der Waals surface area contributed by atoms with Crippen molar-refractivity contribution in [2.75, 3.05) is 17.7 Å². The van der Waals surface area contributed by atoms with Crippen LogP contribution >= 0.6 is 0 Å². The van der Waals surface area contributed by atoms with Crippen molar-refractivity contribution in [2.45, 2.75) is 0 Å². The third kappa shape index (κ3) is 2.34. The van der Waals surface area contributed by atoms with E-state index in [1.54, 1.807) is 18.3 Å². The van der Waals surface area contributed by atoms with Crippen molar-refractivity contribution < 1.29 is 0 Å². The minimum atomic E-state index is 0.641. The highest BCUT2D eigenvalue weighted by Crippen LogP contribution is 2.22. The van der Waals surface area contributed by atoms with Crippen LogP contribution in [0.15, 0.2) is 42.6 Å². The Balaban J connectivity index is 2.27. The van der Waals surface area contributed by atoms with Crippen molar-refractivity contribution in [3.63, 3.8) is 0 Å². The lowest BCUT2D eigenvalue weighted by molar-refractivity contribution is 1.13. The molecule has 4 heteroatoms. The second kappa shape index (κ2) is 4.54. The van der Waals surface area contributed by atoms with Gasteiger partial charge in [-0.15, -0.1) is 0 Å². The monoisotopic (exact) mass is 224 g/mol. The van der Waals surface area contributed by atoms with Crippen LogP contribution in [-0.2, 0) is 0 Å². The molecule has 0 bridgehead atoms. The van der Waals surface area contributed by atoms with E-state index >= 15 is 0 Å². The van der Waals surface area contributed by atoms with E-state index < -0.39 is 0 Å². The number of anilines is 3. The van der Waals surface area contributed by atoms with Gasteiger partial charge in [-0.25, -0.2) is 4.98 Å². The van der Waals surface area contributed by atoms with Gasteiger partial charge in [0, 0.05) is 12.7 Å². The number of nitrogens with zero attached hydrogens (tertiary/aromatic N) is 3. The van der Waals surface area contributed by atoms with Gasteiger partial charge in [-0.1, -0.05) is 0 Å². The highest BCUT2D eigenvalue weighted by Gasteiger charge is 2.04. The fraction of sp³-hybridized carbons (Fsp3) is 0.0769. The molecule has 2 rings (SSSR count). The Hall–Kier alpha value is -2.54. The SMILES string of the molecule is CN(c1ccc(C#N)cc1)c1ccc(N)cn1. The maximum Gasteiger partial charge on any atom is 0.132 e.